The third-order valence-corrected chi connectivity index (χ3v) is 10.2. The number of rotatable bonds is 11. The summed E-state index contributed by atoms with van der Waals surface area (Å²) in [6, 6.07) is 22.7. The number of nitrogens with zero attached hydrogens (tertiary/aromatic N) is 1. The first-order valence-electron chi connectivity index (χ1n) is 14.0. The summed E-state index contributed by atoms with van der Waals surface area (Å²) in [7, 11) is -3.72. The number of carboxylic acid groups (broad SMARTS) is 1. The standard InChI is InChI=1S/C32H34Cl2N2O5S/c1-32(18-29(37)38)17-27(24-8-5-9-26(34)16-24)30(23-12-14-25(33)15-13-23)36(31(32)39)28(22-10-11-22)19-35-42(40,41)20-21-6-3-2-4-7-21/h2-9,12-16,22,27-28,30,35H,10-11,17-20H2,1H3,(H,37,38)/t27-,28?,30-,32-/m1/s1. The summed E-state index contributed by atoms with van der Waals surface area (Å²) in [5.74, 6) is -1.75. The van der Waals surface area contributed by atoms with Gasteiger partial charge in [-0.3, -0.25) is 9.59 Å². The van der Waals surface area contributed by atoms with Crippen LogP contribution < -0.4 is 4.72 Å². The van der Waals surface area contributed by atoms with Gasteiger partial charge in [0.05, 0.1) is 23.6 Å². The molecule has 1 heterocycles. The number of aliphatic carboxylic acids is 1. The summed E-state index contributed by atoms with van der Waals surface area (Å²) in [6.45, 7) is 1.73. The van der Waals surface area contributed by atoms with Gasteiger partial charge in [-0.15, -0.1) is 0 Å². The number of piperidine rings is 1. The number of carbonyl (C=O) groups is 2. The number of carbonyl (C=O) groups excluding carboxylic acids is 1. The van der Waals surface area contributed by atoms with E-state index in [0.29, 0.717) is 22.0 Å². The van der Waals surface area contributed by atoms with Gasteiger partial charge in [-0.05, 0) is 66.1 Å². The Balaban J connectivity index is 1.58. The zero-order valence-corrected chi connectivity index (χ0v) is 25.6. The first kappa shape index (κ1) is 30.5. The first-order valence-corrected chi connectivity index (χ1v) is 16.4. The van der Waals surface area contributed by atoms with Gasteiger partial charge in [0.1, 0.15) is 0 Å². The number of hydrogen-bond acceptors (Lipinski definition) is 4. The van der Waals surface area contributed by atoms with Crippen molar-refractivity contribution in [2.24, 2.45) is 11.3 Å². The van der Waals surface area contributed by atoms with Crippen LogP contribution in [0.2, 0.25) is 10.0 Å². The van der Waals surface area contributed by atoms with E-state index in [1.54, 1.807) is 54.3 Å². The molecule has 0 bridgehead atoms. The quantitative estimate of drug-likeness (QED) is 0.255. The first-order chi connectivity index (χ1) is 20.0. The van der Waals surface area contributed by atoms with E-state index in [0.717, 1.165) is 24.0 Å². The van der Waals surface area contributed by atoms with Crippen LogP contribution >= 0.6 is 23.2 Å². The topological polar surface area (TPSA) is 104 Å². The van der Waals surface area contributed by atoms with Crippen molar-refractivity contribution in [1.82, 2.24) is 9.62 Å². The van der Waals surface area contributed by atoms with Crippen LogP contribution in [0.5, 0.6) is 0 Å². The van der Waals surface area contributed by atoms with E-state index in [-0.39, 0.29) is 36.5 Å². The molecule has 0 radical (unpaired) electrons. The number of carboxylic acids is 1. The number of likely N-dealkylation sites (tertiary alicyclic amines) is 1. The van der Waals surface area contributed by atoms with Crippen molar-refractivity contribution in [2.45, 2.75) is 56.4 Å². The van der Waals surface area contributed by atoms with Crippen molar-refractivity contribution in [1.29, 1.82) is 0 Å². The molecule has 1 aliphatic carbocycles. The van der Waals surface area contributed by atoms with Gasteiger partial charge < -0.3 is 10.0 Å². The summed E-state index contributed by atoms with van der Waals surface area (Å²) in [5.41, 5.74) is 1.18. The van der Waals surface area contributed by atoms with E-state index in [2.05, 4.69) is 4.72 Å². The molecule has 3 aromatic carbocycles. The average molecular weight is 630 g/mol. The van der Waals surface area contributed by atoms with Crippen LogP contribution in [0.15, 0.2) is 78.9 Å². The van der Waals surface area contributed by atoms with Gasteiger partial charge in [0.2, 0.25) is 15.9 Å². The molecule has 3 aromatic rings. The highest BCUT2D eigenvalue weighted by Crippen LogP contribution is 2.54. The molecule has 0 spiro atoms. The molecule has 222 valence electrons. The minimum atomic E-state index is -3.72. The Morgan fingerprint density at radius 3 is 2.31 bits per heavy atom. The van der Waals surface area contributed by atoms with Gasteiger partial charge in [-0.1, -0.05) is 84.7 Å². The summed E-state index contributed by atoms with van der Waals surface area (Å²) in [4.78, 5) is 28.3. The Kier molecular flexibility index (Phi) is 8.99. The van der Waals surface area contributed by atoms with Crippen molar-refractivity contribution in [2.75, 3.05) is 6.54 Å². The molecule has 0 aromatic heterocycles. The fourth-order valence-corrected chi connectivity index (χ4v) is 7.76. The van der Waals surface area contributed by atoms with Crippen LogP contribution in [-0.2, 0) is 25.4 Å². The number of sulfonamides is 1. The number of benzene rings is 3. The lowest BCUT2D eigenvalue weighted by molar-refractivity contribution is -0.161. The normalized spacial score (nSPS) is 23.5. The zero-order valence-electron chi connectivity index (χ0n) is 23.2. The number of halogens is 2. The van der Waals surface area contributed by atoms with Gasteiger partial charge in [0.25, 0.3) is 0 Å². The van der Waals surface area contributed by atoms with Crippen LogP contribution in [-0.4, -0.2) is 42.9 Å². The molecule has 1 saturated carbocycles. The Morgan fingerprint density at radius 2 is 1.69 bits per heavy atom. The molecule has 1 amide bonds. The van der Waals surface area contributed by atoms with Crippen molar-refractivity contribution < 1.29 is 23.1 Å². The van der Waals surface area contributed by atoms with Crippen LogP contribution in [0, 0.1) is 11.3 Å². The monoisotopic (exact) mass is 628 g/mol. The predicted molar refractivity (Wildman–Crippen MR) is 164 cm³/mol. The van der Waals surface area contributed by atoms with Gasteiger partial charge >= 0.3 is 5.97 Å². The Morgan fingerprint density at radius 1 is 1.00 bits per heavy atom. The second kappa shape index (κ2) is 12.4. The third-order valence-electron chi connectivity index (χ3n) is 8.37. The molecule has 1 unspecified atom stereocenters. The molecule has 1 saturated heterocycles. The molecule has 10 heteroatoms. The molecule has 42 heavy (non-hydrogen) atoms. The second-order valence-corrected chi connectivity index (χ2v) is 14.4. The van der Waals surface area contributed by atoms with Crippen molar-refractivity contribution in [3.63, 3.8) is 0 Å². The predicted octanol–water partition coefficient (Wildman–Crippen LogP) is 6.43. The molecule has 7 nitrogen and oxygen atoms in total. The van der Waals surface area contributed by atoms with Gasteiger partial charge in [-0.2, -0.15) is 0 Å². The van der Waals surface area contributed by atoms with Gasteiger partial charge in [-0.25, -0.2) is 13.1 Å². The number of hydrogen-bond donors (Lipinski definition) is 2. The van der Waals surface area contributed by atoms with Crippen molar-refractivity contribution in [3.05, 3.63) is 106 Å². The summed E-state index contributed by atoms with van der Waals surface area (Å²) in [5, 5.41) is 11.0. The number of nitrogens with one attached hydrogen (secondary N) is 1. The number of amides is 1. The summed E-state index contributed by atoms with van der Waals surface area (Å²) < 4.78 is 29.1. The van der Waals surface area contributed by atoms with E-state index in [1.807, 2.05) is 36.4 Å². The molecule has 2 N–H and O–H groups in total. The molecular weight excluding hydrogens is 595 g/mol. The Labute approximate surface area is 256 Å². The lowest BCUT2D eigenvalue weighted by Crippen LogP contribution is -2.59. The summed E-state index contributed by atoms with van der Waals surface area (Å²) in [6.07, 6.45) is 1.64. The summed E-state index contributed by atoms with van der Waals surface area (Å²) >= 11 is 12.7. The largest absolute Gasteiger partial charge is 0.481 e. The highest BCUT2D eigenvalue weighted by Gasteiger charge is 2.54. The van der Waals surface area contributed by atoms with Gasteiger partial charge in [0, 0.05) is 28.5 Å². The molecular formula is C32H34Cl2N2O5S. The molecule has 1 aliphatic heterocycles. The zero-order chi connectivity index (χ0) is 30.1. The van der Waals surface area contributed by atoms with Gasteiger partial charge in [0.15, 0.2) is 0 Å². The average Bonchev–Trinajstić information content (AvgIpc) is 3.77. The fourth-order valence-electron chi connectivity index (χ4n) is 6.28. The van der Waals surface area contributed by atoms with E-state index in [9.17, 15) is 23.1 Å². The molecule has 5 rings (SSSR count). The Hall–Kier alpha value is -2.91. The van der Waals surface area contributed by atoms with Crippen LogP contribution in [0.4, 0.5) is 0 Å². The minimum Gasteiger partial charge on any atom is -0.481 e. The Bertz CT molecular complexity index is 1550. The lowest BCUT2D eigenvalue weighted by Gasteiger charge is -2.52. The smallest absolute Gasteiger partial charge is 0.304 e. The fraction of sp³-hybridized carbons (Fsp3) is 0.375. The second-order valence-electron chi connectivity index (χ2n) is 11.7. The molecule has 2 fully saturated rings. The van der Waals surface area contributed by atoms with Crippen LogP contribution in [0.1, 0.15) is 61.3 Å². The maximum Gasteiger partial charge on any atom is 0.304 e. The van der Waals surface area contributed by atoms with E-state index >= 15 is 0 Å². The van der Waals surface area contributed by atoms with E-state index in [4.69, 9.17) is 23.2 Å². The maximum atomic E-state index is 14.5. The van der Waals surface area contributed by atoms with E-state index in [1.165, 1.54) is 0 Å². The van der Waals surface area contributed by atoms with Crippen molar-refractivity contribution >= 4 is 45.1 Å². The lowest BCUT2D eigenvalue weighted by atomic mass is 9.67. The molecule has 2 aliphatic rings. The maximum absolute atomic E-state index is 14.5. The van der Waals surface area contributed by atoms with E-state index < -0.39 is 33.5 Å². The minimum absolute atomic E-state index is 0.0288. The molecule has 4 atom stereocenters. The SMILES string of the molecule is C[C@]1(CC(=O)O)C[C@H](c2cccc(Cl)c2)[C@@H](c2ccc(Cl)cc2)N(C(CNS(=O)(=O)Cc2ccccc2)C2CC2)C1=O. The van der Waals surface area contributed by atoms with Crippen LogP contribution in [0.25, 0.3) is 0 Å². The third kappa shape index (κ3) is 7.00. The van der Waals surface area contributed by atoms with Crippen molar-refractivity contribution in [3.8, 4) is 0 Å². The van der Waals surface area contributed by atoms with Crippen LogP contribution in [0.3, 0.4) is 0 Å². The highest BCUT2D eigenvalue weighted by molar-refractivity contribution is 7.88. The highest BCUT2D eigenvalue weighted by atomic mass is 35.5.